The van der Waals surface area contributed by atoms with E-state index in [9.17, 15) is 12.8 Å². The molecule has 0 unspecified atom stereocenters. The van der Waals surface area contributed by atoms with Gasteiger partial charge in [0, 0.05) is 19.6 Å². The van der Waals surface area contributed by atoms with Crippen LogP contribution in [0.15, 0.2) is 18.2 Å². The zero-order valence-corrected chi connectivity index (χ0v) is 13.4. The van der Waals surface area contributed by atoms with E-state index in [-0.39, 0.29) is 17.3 Å². The molecule has 2 rings (SSSR count). The lowest BCUT2D eigenvalue weighted by Crippen LogP contribution is -2.41. The van der Waals surface area contributed by atoms with Crippen LogP contribution in [0.25, 0.3) is 0 Å². The SMILES string of the molecule is CC(C)CNCc1cccc(F)c1N1CCS(=O)(=O)CC1. The molecule has 0 bridgehead atoms. The van der Waals surface area contributed by atoms with E-state index in [4.69, 9.17) is 0 Å². The molecule has 1 aliphatic rings. The lowest BCUT2D eigenvalue weighted by atomic mass is 10.1. The first-order chi connectivity index (χ1) is 9.89. The number of nitrogens with zero attached hydrogens (tertiary/aromatic N) is 1. The average Bonchev–Trinajstić information content (AvgIpc) is 2.39. The largest absolute Gasteiger partial charge is 0.367 e. The van der Waals surface area contributed by atoms with Gasteiger partial charge in [-0.1, -0.05) is 26.0 Å². The minimum absolute atomic E-state index is 0.0974. The van der Waals surface area contributed by atoms with Crippen LogP contribution in [0.5, 0.6) is 0 Å². The van der Waals surface area contributed by atoms with Gasteiger partial charge < -0.3 is 10.2 Å². The van der Waals surface area contributed by atoms with E-state index in [0.717, 1.165) is 12.1 Å². The van der Waals surface area contributed by atoms with Gasteiger partial charge in [-0.25, -0.2) is 12.8 Å². The fourth-order valence-corrected chi connectivity index (χ4v) is 3.69. The molecular weight excluding hydrogens is 291 g/mol. The smallest absolute Gasteiger partial charge is 0.153 e. The minimum Gasteiger partial charge on any atom is -0.367 e. The van der Waals surface area contributed by atoms with Crippen LogP contribution in [-0.4, -0.2) is 39.6 Å². The maximum Gasteiger partial charge on any atom is 0.153 e. The highest BCUT2D eigenvalue weighted by molar-refractivity contribution is 7.91. The lowest BCUT2D eigenvalue weighted by molar-refractivity contribution is 0.548. The zero-order chi connectivity index (χ0) is 15.5. The van der Waals surface area contributed by atoms with E-state index in [1.54, 1.807) is 6.07 Å². The van der Waals surface area contributed by atoms with Crippen molar-refractivity contribution in [2.45, 2.75) is 20.4 Å². The van der Waals surface area contributed by atoms with Gasteiger partial charge in [-0.05, 0) is 24.1 Å². The number of anilines is 1. The molecule has 1 heterocycles. The molecular formula is C15H23FN2O2S. The highest BCUT2D eigenvalue weighted by Gasteiger charge is 2.25. The molecule has 0 amide bonds. The maximum absolute atomic E-state index is 14.2. The Balaban J connectivity index is 2.14. The third kappa shape index (κ3) is 4.41. The maximum atomic E-state index is 14.2. The topological polar surface area (TPSA) is 49.4 Å². The summed E-state index contributed by atoms with van der Waals surface area (Å²) in [6.07, 6.45) is 0. The Labute approximate surface area is 126 Å². The van der Waals surface area contributed by atoms with E-state index in [2.05, 4.69) is 19.2 Å². The van der Waals surface area contributed by atoms with Crippen molar-refractivity contribution in [3.8, 4) is 0 Å². The van der Waals surface area contributed by atoms with Gasteiger partial charge in [0.05, 0.1) is 17.2 Å². The van der Waals surface area contributed by atoms with Crippen LogP contribution in [-0.2, 0) is 16.4 Å². The molecule has 6 heteroatoms. The van der Waals surface area contributed by atoms with Gasteiger partial charge in [-0.2, -0.15) is 0 Å². The van der Waals surface area contributed by atoms with Crippen molar-refractivity contribution in [2.75, 3.05) is 36.0 Å². The van der Waals surface area contributed by atoms with Gasteiger partial charge in [0.1, 0.15) is 5.82 Å². The van der Waals surface area contributed by atoms with Gasteiger partial charge in [-0.15, -0.1) is 0 Å². The number of halogens is 1. The Morgan fingerprint density at radius 3 is 2.57 bits per heavy atom. The number of sulfone groups is 1. The summed E-state index contributed by atoms with van der Waals surface area (Å²) in [4.78, 5) is 1.85. The molecule has 1 fully saturated rings. The summed E-state index contributed by atoms with van der Waals surface area (Å²) in [5.74, 6) is 0.445. The molecule has 0 spiro atoms. The lowest BCUT2D eigenvalue weighted by Gasteiger charge is -2.31. The second-order valence-electron chi connectivity index (χ2n) is 5.91. The molecule has 4 nitrogen and oxygen atoms in total. The average molecular weight is 314 g/mol. The van der Waals surface area contributed by atoms with Crippen LogP contribution in [0.1, 0.15) is 19.4 Å². The van der Waals surface area contributed by atoms with Crippen LogP contribution in [0.2, 0.25) is 0 Å². The summed E-state index contributed by atoms with van der Waals surface area (Å²) in [7, 11) is -2.96. The monoisotopic (exact) mass is 314 g/mol. The Hall–Kier alpha value is -1.14. The number of rotatable bonds is 5. The normalized spacial score (nSPS) is 18.2. The van der Waals surface area contributed by atoms with Crippen molar-refractivity contribution in [1.82, 2.24) is 5.32 Å². The Morgan fingerprint density at radius 1 is 1.29 bits per heavy atom. The standard InChI is InChI=1S/C15H23FN2O2S/c1-12(2)10-17-11-13-4-3-5-14(16)15(13)18-6-8-21(19,20)9-7-18/h3-5,12,17H,6-11H2,1-2H3. The second-order valence-corrected chi connectivity index (χ2v) is 8.21. The van der Waals surface area contributed by atoms with E-state index in [1.165, 1.54) is 6.07 Å². The molecule has 0 radical (unpaired) electrons. The summed E-state index contributed by atoms with van der Waals surface area (Å²) < 4.78 is 37.2. The Morgan fingerprint density at radius 2 is 1.95 bits per heavy atom. The first-order valence-electron chi connectivity index (χ1n) is 7.32. The molecule has 21 heavy (non-hydrogen) atoms. The van der Waals surface area contributed by atoms with E-state index in [0.29, 0.717) is 31.2 Å². The third-order valence-corrected chi connectivity index (χ3v) is 5.21. The van der Waals surface area contributed by atoms with Crippen molar-refractivity contribution in [3.63, 3.8) is 0 Å². The molecule has 0 aromatic heterocycles. The third-order valence-electron chi connectivity index (χ3n) is 3.60. The van der Waals surface area contributed by atoms with Crippen molar-refractivity contribution in [2.24, 2.45) is 5.92 Å². The van der Waals surface area contributed by atoms with Gasteiger partial charge in [0.25, 0.3) is 0 Å². The molecule has 0 aliphatic carbocycles. The van der Waals surface area contributed by atoms with Crippen LogP contribution in [0.4, 0.5) is 10.1 Å². The quantitative estimate of drug-likeness (QED) is 0.900. The van der Waals surface area contributed by atoms with Gasteiger partial charge >= 0.3 is 0 Å². The van der Waals surface area contributed by atoms with Crippen LogP contribution in [0, 0.1) is 11.7 Å². The molecule has 1 N–H and O–H groups in total. The summed E-state index contributed by atoms with van der Waals surface area (Å²) in [5.41, 5.74) is 1.43. The Bertz CT molecular complexity index is 573. The van der Waals surface area contributed by atoms with Gasteiger partial charge in [0.2, 0.25) is 0 Å². The number of hydrogen-bond donors (Lipinski definition) is 1. The molecule has 1 saturated heterocycles. The number of nitrogens with one attached hydrogen (secondary N) is 1. The first kappa shape index (κ1) is 16.2. The molecule has 0 saturated carbocycles. The fraction of sp³-hybridized carbons (Fsp3) is 0.600. The molecule has 1 aromatic rings. The number of benzene rings is 1. The van der Waals surface area contributed by atoms with Gasteiger partial charge in [0.15, 0.2) is 9.84 Å². The molecule has 118 valence electrons. The predicted molar refractivity (Wildman–Crippen MR) is 83.8 cm³/mol. The van der Waals surface area contributed by atoms with Crippen molar-refractivity contribution in [1.29, 1.82) is 0 Å². The highest BCUT2D eigenvalue weighted by atomic mass is 32.2. The van der Waals surface area contributed by atoms with Crippen molar-refractivity contribution < 1.29 is 12.8 Å². The van der Waals surface area contributed by atoms with Crippen molar-refractivity contribution in [3.05, 3.63) is 29.6 Å². The Kier molecular flexibility index (Phi) is 5.22. The van der Waals surface area contributed by atoms with Crippen LogP contribution in [0.3, 0.4) is 0 Å². The van der Waals surface area contributed by atoms with E-state index in [1.807, 2.05) is 11.0 Å². The first-order valence-corrected chi connectivity index (χ1v) is 9.14. The van der Waals surface area contributed by atoms with Gasteiger partial charge in [-0.3, -0.25) is 0 Å². The van der Waals surface area contributed by atoms with Crippen LogP contribution >= 0.6 is 0 Å². The van der Waals surface area contributed by atoms with Crippen LogP contribution < -0.4 is 10.2 Å². The number of para-hydroxylation sites is 1. The molecule has 0 atom stereocenters. The van der Waals surface area contributed by atoms with E-state index < -0.39 is 9.84 Å². The summed E-state index contributed by atoms with van der Waals surface area (Å²) in [6, 6.07) is 5.03. The summed E-state index contributed by atoms with van der Waals surface area (Å²) in [6.45, 7) is 6.42. The highest BCUT2D eigenvalue weighted by Crippen LogP contribution is 2.26. The minimum atomic E-state index is -2.96. The molecule has 1 aliphatic heterocycles. The predicted octanol–water partition coefficient (Wildman–Crippen LogP) is 1.81. The summed E-state index contributed by atoms with van der Waals surface area (Å²) in [5, 5.41) is 3.31. The number of hydrogen-bond acceptors (Lipinski definition) is 4. The van der Waals surface area contributed by atoms with Crippen molar-refractivity contribution >= 4 is 15.5 Å². The zero-order valence-electron chi connectivity index (χ0n) is 12.6. The second kappa shape index (κ2) is 6.75. The van der Waals surface area contributed by atoms with E-state index >= 15 is 0 Å². The fourth-order valence-electron chi connectivity index (χ4n) is 2.49. The molecule has 1 aromatic carbocycles. The summed E-state index contributed by atoms with van der Waals surface area (Å²) >= 11 is 0.